The van der Waals surface area contributed by atoms with Gasteiger partial charge in [-0.1, -0.05) is 11.6 Å². The minimum Gasteiger partial charge on any atom is -0.333 e. The van der Waals surface area contributed by atoms with Crippen LogP contribution in [0.1, 0.15) is 25.5 Å². The minimum absolute atomic E-state index is 0.0392. The molecule has 138 valence electrons. The van der Waals surface area contributed by atoms with Crippen LogP contribution in [0.2, 0.25) is 5.02 Å². The fourth-order valence-corrected chi connectivity index (χ4v) is 3.88. The van der Waals surface area contributed by atoms with E-state index in [1.54, 1.807) is 13.1 Å². The van der Waals surface area contributed by atoms with Gasteiger partial charge in [-0.2, -0.15) is 0 Å². The number of nitrogens with one attached hydrogen (secondary N) is 1. The number of fused-ring (bicyclic) bond motifs is 1. The molecule has 0 spiro atoms. The van der Waals surface area contributed by atoms with Crippen LogP contribution in [0.3, 0.4) is 0 Å². The Bertz CT molecular complexity index is 1010. The highest BCUT2D eigenvalue weighted by atomic mass is 35.5. The summed E-state index contributed by atoms with van der Waals surface area (Å²) in [6.07, 6.45) is 3.60. The number of amides is 1. The fraction of sp³-hybridized carbons (Fsp3) is 0.286. The zero-order chi connectivity index (χ0) is 19.0. The number of pyridine rings is 2. The summed E-state index contributed by atoms with van der Waals surface area (Å²) in [6, 6.07) is 12.0. The molecular formula is C21H21ClN4O. The Kier molecular flexibility index (Phi) is 4.81. The van der Waals surface area contributed by atoms with Gasteiger partial charge in [0, 0.05) is 49.0 Å². The lowest BCUT2D eigenvalue weighted by Crippen LogP contribution is -2.52. The molecule has 3 aromatic rings. The third-order valence-electron chi connectivity index (χ3n) is 5.00. The lowest BCUT2D eigenvalue weighted by molar-refractivity contribution is -0.132. The maximum Gasteiger partial charge on any atom is 0.220 e. The first-order valence-corrected chi connectivity index (χ1v) is 9.41. The van der Waals surface area contributed by atoms with Crippen molar-refractivity contribution in [3.05, 3.63) is 59.4 Å². The van der Waals surface area contributed by atoms with E-state index in [1.165, 1.54) is 0 Å². The maximum atomic E-state index is 12.2. The molecule has 0 unspecified atom stereocenters. The van der Waals surface area contributed by atoms with Crippen molar-refractivity contribution in [1.82, 2.24) is 20.2 Å². The summed E-state index contributed by atoms with van der Waals surface area (Å²) >= 11 is 6.43. The number of benzene rings is 1. The van der Waals surface area contributed by atoms with Crippen LogP contribution in [-0.4, -0.2) is 39.9 Å². The van der Waals surface area contributed by atoms with E-state index < -0.39 is 0 Å². The number of rotatable bonds is 2. The van der Waals surface area contributed by atoms with E-state index in [1.807, 2.05) is 41.4 Å². The summed E-state index contributed by atoms with van der Waals surface area (Å²) in [5, 5.41) is 4.10. The third-order valence-corrected chi connectivity index (χ3v) is 5.22. The molecule has 1 aromatic carbocycles. The summed E-state index contributed by atoms with van der Waals surface area (Å²) in [6.45, 7) is 5.10. The molecule has 0 aliphatic carbocycles. The first-order valence-electron chi connectivity index (χ1n) is 9.03. The van der Waals surface area contributed by atoms with E-state index in [0.29, 0.717) is 18.1 Å². The average Bonchev–Trinajstić information content (AvgIpc) is 2.67. The third kappa shape index (κ3) is 3.66. The smallest absolute Gasteiger partial charge is 0.220 e. The van der Waals surface area contributed by atoms with Gasteiger partial charge in [-0.05, 0) is 54.4 Å². The van der Waals surface area contributed by atoms with Gasteiger partial charge in [0.15, 0.2) is 0 Å². The SMILES string of the molecule is CC(=O)N1C[C@H](C)NC[C@H]1c1cc(Cl)cc(-c2cnc3cccnc3c2)c1. The van der Waals surface area contributed by atoms with Crippen molar-refractivity contribution in [2.75, 3.05) is 13.1 Å². The highest BCUT2D eigenvalue weighted by molar-refractivity contribution is 6.31. The van der Waals surface area contributed by atoms with E-state index in [-0.39, 0.29) is 18.0 Å². The van der Waals surface area contributed by atoms with Crippen molar-refractivity contribution in [3.8, 4) is 11.1 Å². The Morgan fingerprint density at radius 1 is 1.19 bits per heavy atom. The first kappa shape index (κ1) is 17.9. The molecule has 0 bridgehead atoms. The second-order valence-electron chi connectivity index (χ2n) is 7.04. The van der Waals surface area contributed by atoms with Crippen molar-refractivity contribution in [2.45, 2.75) is 25.9 Å². The van der Waals surface area contributed by atoms with Crippen LogP contribution in [0.25, 0.3) is 22.2 Å². The number of halogens is 1. The Morgan fingerprint density at radius 2 is 2.04 bits per heavy atom. The minimum atomic E-state index is -0.0392. The summed E-state index contributed by atoms with van der Waals surface area (Å²) < 4.78 is 0. The lowest BCUT2D eigenvalue weighted by Gasteiger charge is -2.39. The highest BCUT2D eigenvalue weighted by Crippen LogP contribution is 2.32. The molecule has 0 radical (unpaired) electrons. The van der Waals surface area contributed by atoms with Gasteiger partial charge in [-0.3, -0.25) is 14.8 Å². The van der Waals surface area contributed by atoms with Crippen LogP contribution >= 0.6 is 11.6 Å². The number of carbonyl (C=O) groups is 1. The van der Waals surface area contributed by atoms with Crippen molar-refractivity contribution < 1.29 is 4.79 Å². The normalized spacial score (nSPS) is 20.0. The van der Waals surface area contributed by atoms with Gasteiger partial charge in [0.2, 0.25) is 5.91 Å². The van der Waals surface area contributed by atoms with E-state index in [9.17, 15) is 4.79 Å². The van der Waals surface area contributed by atoms with Crippen LogP contribution in [0, 0.1) is 0 Å². The standard InChI is InChI=1S/C21H21ClN4O/c1-13-12-26(14(2)27)21(11-24-13)16-6-15(7-18(22)8-16)17-9-20-19(25-10-17)4-3-5-23-20/h3-10,13,21,24H,11-12H2,1-2H3/t13-,21-/m0/s1. The zero-order valence-electron chi connectivity index (χ0n) is 15.3. The molecule has 5 nitrogen and oxygen atoms in total. The molecule has 4 rings (SSSR count). The lowest BCUT2D eigenvalue weighted by atomic mass is 9.97. The molecule has 1 amide bonds. The van der Waals surface area contributed by atoms with Crippen molar-refractivity contribution >= 4 is 28.5 Å². The predicted octanol–water partition coefficient (Wildman–Crippen LogP) is 3.83. The average molecular weight is 381 g/mol. The Morgan fingerprint density at radius 3 is 2.85 bits per heavy atom. The van der Waals surface area contributed by atoms with Crippen LogP contribution in [0.15, 0.2) is 48.8 Å². The molecule has 1 N–H and O–H groups in total. The van der Waals surface area contributed by atoms with E-state index in [0.717, 1.165) is 27.7 Å². The molecule has 2 aromatic heterocycles. The molecule has 2 atom stereocenters. The maximum absolute atomic E-state index is 12.2. The van der Waals surface area contributed by atoms with E-state index in [4.69, 9.17) is 11.6 Å². The van der Waals surface area contributed by atoms with E-state index in [2.05, 4.69) is 28.3 Å². The van der Waals surface area contributed by atoms with Gasteiger partial charge in [0.1, 0.15) is 0 Å². The number of hydrogen-bond donors (Lipinski definition) is 1. The molecule has 1 aliphatic heterocycles. The second-order valence-corrected chi connectivity index (χ2v) is 7.47. The number of carbonyl (C=O) groups excluding carboxylic acids is 1. The number of hydrogen-bond acceptors (Lipinski definition) is 4. The summed E-state index contributed by atoms with van der Waals surface area (Å²) in [5.74, 6) is 0.0754. The van der Waals surface area contributed by atoms with Crippen molar-refractivity contribution in [2.24, 2.45) is 0 Å². The van der Waals surface area contributed by atoms with Gasteiger partial charge >= 0.3 is 0 Å². The van der Waals surface area contributed by atoms with Gasteiger partial charge in [-0.25, -0.2) is 0 Å². The van der Waals surface area contributed by atoms with Gasteiger partial charge in [-0.15, -0.1) is 0 Å². The summed E-state index contributed by atoms with van der Waals surface area (Å²) in [5.41, 5.74) is 4.65. The Hall–Kier alpha value is -2.50. The van der Waals surface area contributed by atoms with E-state index >= 15 is 0 Å². The quantitative estimate of drug-likeness (QED) is 0.734. The topological polar surface area (TPSA) is 58.1 Å². The Balaban J connectivity index is 1.75. The van der Waals surface area contributed by atoms with Crippen LogP contribution in [0.5, 0.6) is 0 Å². The van der Waals surface area contributed by atoms with Crippen LogP contribution < -0.4 is 5.32 Å². The van der Waals surface area contributed by atoms with Crippen molar-refractivity contribution in [1.29, 1.82) is 0 Å². The molecule has 1 fully saturated rings. The summed E-state index contributed by atoms with van der Waals surface area (Å²) in [7, 11) is 0. The number of piperazine rings is 1. The van der Waals surface area contributed by atoms with Crippen molar-refractivity contribution in [3.63, 3.8) is 0 Å². The largest absolute Gasteiger partial charge is 0.333 e. The molecule has 0 saturated carbocycles. The molecule has 1 aliphatic rings. The second kappa shape index (κ2) is 7.25. The predicted molar refractivity (Wildman–Crippen MR) is 108 cm³/mol. The van der Waals surface area contributed by atoms with Gasteiger partial charge in [0.25, 0.3) is 0 Å². The molecule has 6 heteroatoms. The molecular weight excluding hydrogens is 360 g/mol. The van der Waals surface area contributed by atoms with Gasteiger partial charge < -0.3 is 10.2 Å². The summed E-state index contributed by atoms with van der Waals surface area (Å²) in [4.78, 5) is 23.0. The number of nitrogens with zero attached hydrogens (tertiary/aromatic N) is 3. The highest BCUT2D eigenvalue weighted by Gasteiger charge is 2.29. The number of aromatic nitrogens is 2. The monoisotopic (exact) mass is 380 g/mol. The zero-order valence-corrected chi connectivity index (χ0v) is 16.1. The van der Waals surface area contributed by atoms with Gasteiger partial charge in [0.05, 0.1) is 17.1 Å². The molecule has 1 saturated heterocycles. The fourth-order valence-electron chi connectivity index (χ4n) is 3.64. The molecule has 3 heterocycles. The Labute approximate surface area is 163 Å². The van der Waals surface area contributed by atoms with Crippen LogP contribution in [0.4, 0.5) is 0 Å². The molecule has 27 heavy (non-hydrogen) atoms. The van der Waals surface area contributed by atoms with Crippen LogP contribution in [-0.2, 0) is 4.79 Å². The first-order chi connectivity index (χ1) is 13.0.